The number of allylic oxidation sites excluding steroid dienone is 1. The summed E-state index contributed by atoms with van der Waals surface area (Å²) in [7, 11) is 0. The molecule has 0 unspecified atom stereocenters. The molecule has 0 saturated carbocycles. The van der Waals surface area contributed by atoms with Gasteiger partial charge in [-0.1, -0.05) is 78.9 Å². The van der Waals surface area contributed by atoms with Crippen molar-refractivity contribution in [1.29, 1.82) is 5.26 Å². The van der Waals surface area contributed by atoms with Crippen LogP contribution in [0.1, 0.15) is 22.4 Å². The second kappa shape index (κ2) is 7.19. The molecule has 0 atom stereocenters. The smallest absolute Gasteiger partial charge is 0.229 e. The van der Waals surface area contributed by atoms with Crippen LogP contribution in [0.25, 0.3) is 5.69 Å². The lowest BCUT2D eigenvalue weighted by atomic mass is 9.64. The maximum absolute atomic E-state index is 10.3. The molecule has 2 heterocycles. The summed E-state index contributed by atoms with van der Waals surface area (Å²) >= 11 is 0. The van der Waals surface area contributed by atoms with Crippen LogP contribution < -0.4 is 10.5 Å². The number of hydrogen-bond acceptors (Lipinski definition) is 4. The van der Waals surface area contributed by atoms with E-state index in [1.165, 1.54) is 0 Å². The largest absolute Gasteiger partial charge is 0.422 e. The molecule has 1 aliphatic heterocycles. The van der Waals surface area contributed by atoms with Gasteiger partial charge in [-0.2, -0.15) is 10.4 Å². The number of nitrogens with zero attached hydrogens (tertiary/aromatic N) is 3. The van der Waals surface area contributed by atoms with Crippen molar-refractivity contribution in [3.05, 3.63) is 125 Å². The number of ether oxygens (including phenoxy) is 1. The van der Waals surface area contributed by atoms with Crippen LogP contribution in [0.5, 0.6) is 5.88 Å². The van der Waals surface area contributed by atoms with E-state index in [1.807, 2.05) is 97.9 Å². The fraction of sp³-hybridized carbons (Fsp3) is 0.0769. The van der Waals surface area contributed by atoms with E-state index < -0.39 is 5.41 Å². The van der Waals surface area contributed by atoms with Crippen molar-refractivity contribution in [3.63, 3.8) is 0 Å². The average Bonchev–Trinajstić information content (AvgIpc) is 3.16. The van der Waals surface area contributed by atoms with Crippen LogP contribution in [-0.4, -0.2) is 9.78 Å². The van der Waals surface area contributed by atoms with Gasteiger partial charge in [0.25, 0.3) is 0 Å². The van der Waals surface area contributed by atoms with Crippen LogP contribution in [-0.2, 0) is 5.41 Å². The zero-order valence-corrected chi connectivity index (χ0v) is 17.0. The molecule has 0 spiro atoms. The number of fused-ring (bicyclic) bond motifs is 1. The van der Waals surface area contributed by atoms with Gasteiger partial charge in [-0.25, -0.2) is 4.68 Å². The van der Waals surface area contributed by atoms with Crippen LogP contribution >= 0.6 is 0 Å². The Morgan fingerprint density at radius 2 is 1.39 bits per heavy atom. The summed E-state index contributed by atoms with van der Waals surface area (Å²) < 4.78 is 7.83. The van der Waals surface area contributed by atoms with E-state index in [0.717, 1.165) is 28.1 Å². The lowest BCUT2D eigenvalue weighted by molar-refractivity contribution is 0.355. The molecule has 0 aliphatic carbocycles. The Labute approximate surface area is 180 Å². The minimum atomic E-state index is -0.938. The molecule has 1 aromatic heterocycles. The third-order valence-corrected chi connectivity index (χ3v) is 5.75. The molecule has 0 fully saturated rings. The van der Waals surface area contributed by atoms with Crippen molar-refractivity contribution in [2.45, 2.75) is 12.3 Å². The minimum absolute atomic E-state index is 0.0831. The van der Waals surface area contributed by atoms with Crippen molar-refractivity contribution >= 4 is 0 Å². The van der Waals surface area contributed by atoms with E-state index >= 15 is 0 Å². The fourth-order valence-corrected chi connectivity index (χ4v) is 4.50. The van der Waals surface area contributed by atoms with Gasteiger partial charge in [0.1, 0.15) is 11.6 Å². The topological polar surface area (TPSA) is 76.9 Å². The predicted octanol–water partition coefficient (Wildman–Crippen LogP) is 4.60. The second-order valence-corrected chi connectivity index (χ2v) is 7.45. The Hall–Kier alpha value is -4.30. The van der Waals surface area contributed by atoms with Crippen molar-refractivity contribution in [1.82, 2.24) is 9.78 Å². The van der Waals surface area contributed by atoms with Crippen molar-refractivity contribution in [2.24, 2.45) is 5.73 Å². The maximum atomic E-state index is 10.3. The summed E-state index contributed by atoms with van der Waals surface area (Å²) in [5, 5.41) is 15.1. The van der Waals surface area contributed by atoms with Crippen molar-refractivity contribution < 1.29 is 4.74 Å². The Morgan fingerprint density at radius 3 is 1.90 bits per heavy atom. The number of aryl methyl sites for hydroxylation is 1. The van der Waals surface area contributed by atoms with E-state index in [2.05, 4.69) is 6.07 Å². The van der Waals surface area contributed by atoms with Crippen molar-refractivity contribution in [2.75, 3.05) is 0 Å². The van der Waals surface area contributed by atoms with Crippen molar-refractivity contribution in [3.8, 4) is 17.6 Å². The van der Waals surface area contributed by atoms with E-state index in [1.54, 1.807) is 4.68 Å². The number of nitriles is 1. The summed E-state index contributed by atoms with van der Waals surface area (Å²) in [6, 6.07) is 32.0. The predicted molar refractivity (Wildman–Crippen MR) is 119 cm³/mol. The molecule has 3 aromatic carbocycles. The Bertz CT molecular complexity index is 1280. The van der Waals surface area contributed by atoms with Crippen LogP contribution in [0.3, 0.4) is 0 Å². The van der Waals surface area contributed by atoms with Gasteiger partial charge in [0, 0.05) is 0 Å². The first kappa shape index (κ1) is 18.7. The molecule has 5 heteroatoms. The van der Waals surface area contributed by atoms with Gasteiger partial charge in [-0.05, 0) is 30.2 Å². The number of nitrogens with two attached hydrogens (primary N) is 1. The third kappa shape index (κ3) is 2.66. The summed E-state index contributed by atoms with van der Waals surface area (Å²) in [4.78, 5) is 0. The highest BCUT2D eigenvalue weighted by molar-refractivity contribution is 5.68. The zero-order chi connectivity index (χ0) is 21.4. The molecule has 0 saturated heterocycles. The van der Waals surface area contributed by atoms with E-state index in [9.17, 15) is 5.26 Å². The van der Waals surface area contributed by atoms with Gasteiger partial charge in [-0.3, -0.25) is 0 Å². The van der Waals surface area contributed by atoms with Gasteiger partial charge < -0.3 is 10.5 Å². The van der Waals surface area contributed by atoms with Gasteiger partial charge in [0.05, 0.1) is 22.4 Å². The normalized spacial score (nSPS) is 14.5. The summed E-state index contributed by atoms with van der Waals surface area (Å²) in [6.07, 6.45) is 0. The van der Waals surface area contributed by atoms with Crippen LogP contribution in [0.4, 0.5) is 0 Å². The molecule has 5 rings (SSSR count). The number of aromatic nitrogens is 2. The highest BCUT2D eigenvalue weighted by Crippen LogP contribution is 2.53. The molecule has 2 N–H and O–H groups in total. The monoisotopic (exact) mass is 404 g/mol. The van der Waals surface area contributed by atoms with Crippen LogP contribution in [0, 0.1) is 18.3 Å². The quantitative estimate of drug-likeness (QED) is 0.541. The van der Waals surface area contributed by atoms with E-state index in [0.29, 0.717) is 11.5 Å². The SMILES string of the molecule is Cc1nn(-c2ccccc2)c2c1C(c1ccccc1)(c1ccccc1)C(C#N)=C(N)O2. The summed E-state index contributed by atoms with van der Waals surface area (Å²) in [5.74, 6) is 0.604. The molecule has 150 valence electrons. The molecule has 4 aromatic rings. The molecule has 5 nitrogen and oxygen atoms in total. The first-order valence-electron chi connectivity index (χ1n) is 10.0. The lowest BCUT2D eigenvalue weighted by Crippen LogP contribution is -2.38. The highest BCUT2D eigenvalue weighted by Gasteiger charge is 2.50. The lowest BCUT2D eigenvalue weighted by Gasteiger charge is -2.38. The summed E-state index contributed by atoms with van der Waals surface area (Å²) in [5.41, 5.74) is 10.1. The van der Waals surface area contributed by atoms with E-state index in [-0.39, 0.29) is 5.88 Å². The minimum Gasteiger partial charge on any atom is -0.422 e. The molecular formula is C26H20N4O. The number of hydrogen-bond donors (Lipinski definition) is 1. The third-order valence-electron chi connectivity index (χ3n) is 5.75. The second-order valence-electron chi connectivity index (χ2n) is 7.45. The number of rotatable bonds is 3. The Balaban J connectivity index is 1.94. The van der Waals surface area contributed by atoms with Gasteiger partial charge in [-0.15, -0.1) is 0 Å². The fourth-order valence-electron chi connectivity index (χ4n) is 4.50. The zero-order valence-electron chi connectivity index (χ0n) is 17.0. The highest BCUT2D eigenvalue weighted by atomic mass is 16.5. The number of para-hydroxylation sites is 1. The molecule has 0 radical (unpaired) electrons. The maximum Gasteiger partial charge on any atom is 0.229 e. The average molecular weight is 404 g/mol. The van der Waals surface area contributed by atoms with Gasteiger partial charge in [0.15, 0.2) is 0 Å². The summed E-state index contributed by atoms with van der Waals surface area (Å²) in [6.45, 7) is 1.94. The van der Waals surface area contributed by atoms with Crippen LogP contribution in [0.15, 0.2) is 102 Å². The first-order chi connectivity index (χ1) is 15.2. The van der Waals surface area contributed by atoms with Crippen LogP contribution in [0.2, 0.25) is 0 Å². The molecule has 0 amide bonds. The molecule has 31 heavy (non-hydrogen) atoms. The first-order valence-corrected chi connectivity index (χ1v) is 10.0. The van der Waals surface area contributed by atoms with Gasteiger partial charge >= 0.3 is 0 Å². The van der Waals surface area contributed by atoms with E-state index in [4.69, 9.17) is 15.6 Å². The molecule has 0 bridgehead atoms. The van der Waals surface area contributed by atoms with Gasteiger partial charge in [0.2, 0.25) is 11.8 Å². The standard InChI is InChI=1S/C26H20N4O/c1-18-23-25(30(29-18)21-15-9-4-10-16-21)31-24(28)22(17-27)26(23,19-11-5-2-6-12-19)20-13-7-3-8-14-20/h2-16H,28H2,1H3. The molecule has 1 aliphatic rings. The Morgan fingerprint density at radius 1 is 0.871 bits per heavy atom. The Kier molecular flexibility index (Phi) is 4.34. The number of benzene rings is 3. The molecular weight excluding hydrogens is 384 g/mol.